The zero-order chi connectivity index (χ0) is 17.7. The minimum Gasteiger partial charge on any atom is -0.393 e. The van der Waals surface area contributed by atoms with Gasteiger partial charge in [-0.05, 0) is 37.3 Å². The molecule has 24 heavy (non-hydrogen) atoms. The van der Waals surface area contributed by atoms with Gasteiger partial charge in [0.05, 0.1) is 4.92 Å². The SMILES string of the molecule is CCNC(=O)c1cccc(NC(=O)c2ccc(N)c([N+](=O)[O-])c2)c1. The van der Waals surface area contributed by atoms with Crippen LogP contribution in [0.3, 0.4) is 0 Å². The number of anilines is 2. The summed E-state index contributed by atoms with van der Waals surface area (Å²) in [6.07, 6.45) is 0. The number of rotatable bonds is 5. The van der Waals surface area contributed by atoms with Gasteiger partial charge in [0.2, 0.25) is 0 Å². The number of hydrogen-bond donors (Lipinski definition) is 3. The summed E-state index contributed by atoms with van der Waals surface area (Å²) in [4.78, 5) is 34.3. The fourth-order valence-corrected chi connectivity index (χ4v) is 2.05. The number of hydrogen-bond acceptors (Lipinski definition) is 5. The maximum Gasteiger partial charge on any atom is 0.292 e. The number of nitrogen functional groups attached to an aromatic ring is 1. The van der Waals surface area contributed by atoms with E-state index in [2.05, 4.69) is 10.6 Å². The van der Waals surface area contributed by atoms with Crippen LogP contribution >= 0.6 is 0 Å². The van der Waals surface area contributed by atoms with Crippen LogP contribution in [0.4, 0.5) is 17.1 Å². The average molecular weight is 328 g/mol. The number of amides is 2. The molecule has 0 saturated heterocycles. The molecular weight excluding hydrogens is 312 g/mol. The van der Waals surface area contributed by atoms with E-state index in [4.69, 9.17) is 5.73 Å². The van der Waals surface area contributed by atoms with E-state index in [-0.39, 0.29) is 22.8 Å². The third-order valence-corrected chi connectivity index (χ3v) is 3.21. The van der Waals surface area contributed by atoms with Crippen LogP contribution in [0.15, 0.2) is 42.5 Å². The van der Waals surface area contributed by atoms with Crippen molar-refractivity contribution in [3.05, 3.63) is 63.7 Å². The molecule has 0 atom stereocenters. The van der Waals surface area contributed by atoms with Crippen molar-refractivity contribution in [2.24, 2.45) is 0 Å². The van der Waals surface area contributed by atoms with Gasteiger partial charge in [-0.1, -0.05) is 6.07 Å². The Labute approximate surface area is 137 Å². The molecule has 0 unspecified atom stereocenters. The van der Waals surface area contributed by atoms with Crippen molar-refractivity contribution in [2.75, 3.05) is 17.6 Å². The predicted octanol–water partition coefficient (Wildman–Crippen LogP) is 2.18. The number of nitrogens with one attached hydrogen (secondary N) is 2. The molecule has 0 heterocycles. The smallest absolute Gasteiger partial charge is 0.292 e. The van der Waals surface area contributed by atoms with E-state index in [1.165, 1.54) is 18.2 Å². The van der Waals surface area contributed by atoms with Crippen molar-refractivity contribution >= 4 is 28.9 Å². The summed E-state index contributed by atoms with van der Waals surface area (Å²) in [5.41, 5.74) is 6.06. The molecule has 0 bridgehead atoms. The molecular formula is C16H16N4O4. The molecule has 8 heteroatoms. The lowest BCUT2D eigenvalue weighted by Gasteiger charge is -2.08. The molecule has 2 amide bonds. The quantitative estimate of drug-likeness (QED) is 0.440. The van der Waals surface area contributed by atoms with Gasteiger partial charge in [0.15, 0.2) is 0 Å². The van der Waals surface area contributed by atoms with Crippen LogP contribution in [0, 0.1) is 10.1 Å². The van der Waals surface area contributed by atoms with Gasteiger partial charge in [-0.2, -0.15) is 0 Å². The van der Waals surface area contributed by atoms with Gasteiger partial charge in [0, 0.05) is 29.4 Å². The number of nitrogens with two attached hydrogens (primary N) is 1. The second-order valence-electron chi connectivity index (χ2n) is 4.93. The summed E-state index contributed by atoms with van der Waals surface area (Å²) < 4.78 is 0. The first kappa shape index (κ1) is 16.9. The highest BCUT2D eigenvalue weighted by atomic mass is 16.6. The highest BCUT2D eigenvalue weighted by Crippen LogP contribution is 2.23. The van der Waals surface area contributed by atoms with Gasteiger partial charge in [-0.15, -0.1) is 0 Å². The van der Waals surface area contributed by atoms with Crippen LogP contribution in [0.5, 0.6) is 0 Å². The van der Waals surface area contributed by atoms with E-state index < -0.39 is 10.8 Å². The van der Waals surface area contributed by atoms with Crippen molar-refractivity contribution in [3.8, 4) is 0 Å². The Kier molecular flexibility index (Phi) is 5.10. The zero-order valence-electron chi connectivity index (χ0n) is 12.9. The first-order chi connectivity index (χ1) is 11.4. The minimum absolute atomic E-state index is 0.0187. The van der Waals surface area contributed by atoms with Gasteiger partial charge in [0.25, 0.3) is 17.5 Å². The van der Waals surface area contributed by atoms with Crippen molar-refractivity contribution < 1.29 is 14.5 Å². The molecule has 0 radical (unpaired) electrons. The molecule has 0 spiro atoms. The van der Waals surface area contributed by atoms with Crippen LogP contribution in [-0.4, -0.2) is 23.3 Å². The summed E-state index contributed by atoms with van der Waals surface area (Å²) in [5, 5.41) is 16.1. The number of carbonyl (C=O) groups excluding carboxylic acids is 2. The van der Waals surface area contributed by atoms with Crippen LogP contribution in [0.25, 0.3) is 0 Å². The number of nitro groups is 1. The maximum atomic E-state index is 12.2. The van der Waals surface area contributed by atoms with Gasteiger partial charge in [-0.3, -0.25) is 19.7 Å². The lowest BCUT2D eigenvalue weighted by Crippen LogP contribution is -2.22. The molecule has 0 aliphatic carbocycles. The van der Waals surface area contributed by atoms with Crippen LogP contribution in [0.2, 0.25) is 0 Å². The summed E-state index contributed by atoms with van der Waals surface area (Å²) in [5.74, 6) is -0.789. The summed E-state index contributed by atoms with van der Waals surface area (Å²) in [7, 11) is 0. The molecule has 124 valence electrons. The molecule has 2 rings (SSSR count). The zero-order valence-corrected chi connectivity index (χ0v) is 12.9. The first-order valence-corrected chi connectivity index (χ1v) is 7.16. The Hall–Kier alpha value is -3.42. The summed E-state index contributed by atoms with van der Waals surface area (Å²) in [6.45, 7) is 2.29. The third kappa shape index (κ3) is 3.86. The second kappa shape index (κ2) is 7.23. The normalized spacial score (nSPS) is 10.0. The van der Waals surface area contributed by atoms with E-state index >= 15 is 0 Å². The molecule has 2 aromatic carbocycles. The first-order valence-electron chi connectivity index (χ1n) is 7.16. The average Bonchev–Trinajstić information content (AvgIpc) is 2.55. The van der Waals surface area contributed by atoms with Gasteiger partial charge in [0.1, 0.15) is 5.69 Å². The fourth-order valence-electron chi connectivity index (χ4n) is 2.05. The Morgan fingerprint density at radius 1 is 1.12 bits per heavy atom. The molecule has 8 nitrogen and oxygen atoms in total. The van der Waals surface area contributed by atoms with Crippen LogP contribution in [0.1, 0.15) is 27.6 Å². The maximum absolute atomic E-state index is 12.2. The number of benzene rings is 2. The fraction of sp³-hybridized carbons (Fsp3) is 0.125. The largest absolute Gasteiger partial charge is 0.393 e. The van der Waals surface area contributed by atoms with Crippen LogP contribution < -0.4 is 16.4 Å². The number of nitro benzene ring substituents is 1. The lowest BCUT2D eigenvalue weighted by molar-refractivity contribution is -0.383. The Balaban J connectivity index is 2.21. The molecule has 0 saturated carbocycles. The van der Waals surface area contributed by atoms with E-state index in [0.717, 1.165) is 6.07 Å². The highest BCUT2D eigenvalue weighted by molar-refractivity contribution is 6.05. The van der Waals surface area contributed by atoms with Crippen molar-refractivity contribution in [1.82, 2.24) is 5.32 Å². The van der Waals surface area contributed by atoms with E-state index in [1.54, 1.807) is 25.1 Å². The Morgan fingerprint density at radius 2 is 1.83 bits per heavy atom. The Morgan fingerprint density at radius 3 is 2.50 bits per heavy atom. The number of carbonyl (C=O) groups is 2. The topological polar surface area (TPSA) is 127 Å². The van der Waals surface area contributed by atoms with E-state index in [1.807, 2.05) is 0 Å². The molecule has 2 aromatic rings. The molecule has 4 N–H and O–H groups in total. The third-order valence-electron chi connectivity index (χ3n) is 3.21. The monoisotopic (exact) mass is 328 g/mol. The van der Waals surface area contributed by atoms with Gasteiger partial charge >= 0.3 is 0 Å². The van der Waals surface area contributed by atoms with Crippen molar-refractivity contribution in [3.63, 3.8) is 0 Å². The second-order valence-corrected chi connectivity index (χ2v) is 4.93. The molecule has 0 fully saturated rings. The van der Waals surface area contributed by atoms with Crippen molar-refractivity contribution in [2.45, 2.75) is 6.92 Å². The lowest BCUT2D eigenvalue weighted by atomic mass is 10.1. The predicted molar refractivity (Wildman–Crippen MR) is 89.9 cm³/mol. The van der Waals surface area contributed by atoms with Crippen LogP contribution in [-0.2, 0) is 0 Å². The number of nitrogens with zero attached hydrogens (tertiary/aromatic N) is 1. The van der Waals surface area contributed by atoms with E-state index in [9.17, 15) is 19.7 Å². The molecule has 0 aliphatic heterocycles. The summed E-state index contributed by atoms with van der Waals surface area (Å²) >= 11 is 0. The van der Waals surface area contributed by atoms with Gasteiger partial charge < -0.3 is 16.4 Å². The van der Waals surface area contributed by atoms with E-state index in [0.29, 0.717) is 17.8 Å². The summed E-state index contributed by atoms with van der Waals surface area (Å²) in [6, 6.07) is 10.2. The van der Waals surface area contributed by atoms with Gasteiger partial charge in [-0.25, -0.2) is 0 Å². The Bertz CT molecular complexity index is 804. The molecule has 0 aliphatic rings. The molecule has 0 aromatic heterocycles. The standard InChI is InChI=1S/C16H16N4O4/c1-2-18-15(21)10-4-3-5-12(8-10)19-16(22)11-6-7-13(17)14(9-11)20(23)24/h3-9H,2,17H2,1H3,(H,18,21)(H,19,22). The minimum atomic E-state index is -0.651. The highest BCUT2D eigenvalue weighted by Gasteiger charge is 2.16. The van der Waals surface area contributed by atoms with Crippen molar-refractivity contribution in [1.29, 1.82) is 0 Å².